The minimum absolute atomic E-state index is 0.314. The predicted octanol–water partition coefficient (Wildman–Crippen LogP) is 1.31. The van der Waals surface area contributed by atoms with Gasteiger partial charge in [-0.3, -0.25) is 4.79 Å². The van der Waals surface area contributed by atoms with Crippen molar-refractivity contribution in [3.63, 3.8) is 0 Å². The number of sulfonamides is 1. The van der Waals surface area contributed by atoms with E-state index >= 15 is 0 Å². The van der Waals surface area contributed by atoms with E-state index in [9.17, 15) is 13.2 Å². The van der Waals surface area contributed by atoms with E-state index in [0.29, 0.717) is 11.3 Å². The second-order valence-corrected chi connectivity index (χ2v) is 6.74. The van der Waals surface area contributed by atoms with Gasteiger partial charge in [-0.1, -0.05) is 18.2 Å². The van der Waals surface area contributed by atoms with Gasteiger partial charge in [0.05, 0.1) is 16.6 Å². The van der Waals surface area contributed by atoms with Crippen LogP contribution in [0.4, 0.5) is 0 Å². The first-order chi connectivity index (χ1) is 8.75. The molecule has 0 saturated heterocycles. The molecule has 0 atom stereocenters. The Balaban J connectivity index is 2.28. The summed E-state index contributed by atoms with van der Waals surface area (Å²) < 4.78 is 24.8. The lowest BCUT2D eigenvalue weighted by atomic mass is 10.0. The van der Waals surface area contributed by atoms with Gasteiger partial charge in [0.25, 0.3) is 5.91 Å². The zero-order valence-electron chi connectivity index (χ0n) is 11.0. The van der Waals surface area contributed by atoms with Crippen LogP contribution in [-0.2, 0) is 10.0 Å². The summed E-state index contributed by atoms with van der Waals surface area (Å²) >= 11 is 0. The van der Waals surface area contributed by atoms with Crippen LogP contribution >= 0.6 is 0 Å². The van der Waals surface area contributed by atoms with Crippen LogP contribution < -0.4 is 5.32 Å². The molecule has 1 aliphatic rings. The van der Waals surface area contributed by atoms with Crippen LogP contribution in [0.3, 0.4) is 0 Å². The van der Waals surface area contributed by atoms with Gasteiger partial charge in [0, 0.05) is 12.6 Å². The van der Waals surface area contributed by atoms with E-state index < -0.39 is 15.6 Å². The largest absolute Gasteiger partial charge is 0.323 e. The molecule has 0 unspecified atom stereocenters. The average Bonchev–Trinajstić information content (AvgIpc) is 2.51. The van der Waals surface area contributed by atoms with Gasteiger partial charge < -0.3 is 5.32 Å². The Morgan fingerprint density at radius 2 is 1.79 bits per heavy atom. The first-order valence-electron chi connectivity index (χ1n) is 5.83. The second kappa shape index (κ2) is 4.47. The number of likely N-dealkylation sites (N-methyl/N-ethyl adjacent to an activating group) is 1. The van der Waals surface area contributed by atoms with Crippen LogP contribution in [0, 0.1) is 0 Å². The van der Waals surface area contributed by atoms with Crippen molar-refractivity contribution in [2.24, 2.45) is 0 Å². The maximum Gasteiger partial charge on any atom is 0.255 e. The highest BCUT2D eigenvalue weighted by Gasteiger charge is 2.42. The summed E-state index contributed by atoms with van der Waals surface area (Å²) in [6.45, 7) is 3.49. The maximum atomic E-state index is 12.0. The number of nitrogens with zero attached hydrogens (tertiary/aromatic N) is 1. The Morgan fingerprint density at radius 3 is 2.26 bits per heavy atom. The molecule has 6 heteroatoms. The summed E-state index contributed by atoms with van der Waals surface area (Å²) in [5.74, 6) is -0.314. The number of amides is 1. The molecule has 1 N–H and O–H groups in total. The number of hydrogen-bond donors (Lipinski definition) is 1. The third kappa shape index (κ3) is 2.41. The topological polar surface area (TPSA) is 66.5 Å². The first-order valence-corrected chi connectivity index (χ1v) is 7.33. The van der Waals surface area contributed by atoms with Crippen LogP contribution in [0.5, 0.6) is 0 Å². The SMILES string of the molecule is CN1C(C)(C)C(NC(=O)c2ccccc2)=CS1(=O)=O. The molecular formula is C13H16N2O3S. The van der Waals surface area contributed by atoms with E-state index in [1.54, 1.807) is 38.1 Å². The molecule has 0 saturated carbocycles. The van der Waals surface area contributed by atoms with Crippen LogP contribution in [0.1, 0.15) is 24.2 Å². The third-order valence-corrected chi connectivity index (χ3v) is 5.13. The zero-order valence-corrected chi connectivity index (χ0v) is 11.9. The molecule has 0 radical (unpaired) electrons. The second-order valence-electron chi connectivity index (χ2n) is 4.92. The lowest BCUT2D eigenvalue weighted by Crippen LogP contribution is -2.44. The predicted molar refractivity (Wildman–Crippen MR) is 72.8 cm³/mol. The summed E-state index contributed by atoms with van der Waals surface area (Å²) in [7, 11) is -1.96. The Bertz CT molecular complexity index is 633. The lowest BCUT2D eigenvalue weighted by Gasteiger charge is -2.29. The van der Waals surface area contributed by atoms with Crippen LogP contribution in [-0.4, -0.2) is 31.2 Å². The van der Waals surface area contributed by atoms with Gasteiger partial charge in [0.2, 0.25) is 10.0 Å². The summed E-state index contributed by atoms with van der Waals surface area (Å²) in [6.07, 6.45) is 0. The monoisotopic (exact) mass is 280 g/mol. The quantitative estimate of drug-likeness (QED) is 0.888. The molecule has 0 fully saturated rings. The summed E-state index contributed by atoms with van der Waals surface area (Å²) in [6, 6.07) is 8.68. The molecule has 0 aromatic heterocycles. The van der Waals surface area contributed by atoms with Gasteiger partial charge in [-0.05, 0) is 26.0 Å². The highest BCUT2D eigenvalue weighted by molar-refractivity contribution is 7.92. The van der Waals surface area contributed by atoms with Gasteiger partial charge in [-0.15, -0.1) is 0 Å². The Hall–Kier alpha value is -1.66. The molecule has 0 bridgehead atoms. The van der Waals surface area contributed by atoms with Gasteiger partial charge >= 0.3 is 0 Å². The zero-order chi connectivity index (χ0) is 14.3. The third-order valence-electron chi connectivity index (χ3n) is 3.38. The van der Waals surface area contributed by atoms with Crippen LogP contribution in [0.15, 0.2) is 41.4 Å². The van der Waals surface area contributed by atoms with Crippen molar-refractivity contribution in [2.45, 2.75) is 19.4 Å². The first kappa shape index (κ1) is 13.8. The van der Waals surface area contributed by atoms with E-state index in [-0.39, 0.29) is 5.91 Å². The van der Waals surface area contributed by atoms with E-state index in [2.05, 4.69) is 5.32 Å². The molecule has 1 aromatic carbocycles. The Kier molecular flexibility index (Phi) is 3.24. The average molecular weight is 280 g/mol. The van der Waals surface area contributed by atoms with Crippen molar-refractivity contribution in [1.29, 1.82) is 0 Å². The minimum atomic E-state index is -3.45. The number of nitrogens with one attached hydrogen (secondary N) is 1. The van der Waals surface area contributed by atoms with Gasteiger partial charge in [0.15, 0.2) is 0 Å². The van der Waals surface area contributed by atoms with E-state index in [1.807, 2.05) is 6.07 Å². The number of carbonyl (C=O) groups excluding carboxylic acids is 1. The summed E-state index contributed by atoms with van der Waals surface area (Å²) in [4.78, 5) is 12.0. The molecule has 102 valence electrons. The molecule has 2 rings (SSSR count). The van der Waals surface area contributed by atoms with Gasteiger partial charge in [-0.2, -0.15) is 4.31 Å². The molecule has 1 aromatic rings. The normalized spacial score (nSPS) is 20.9. The molecule has 5 nitrogen and oxygen atoms in total. The molecule has 0 spiro atoms. The summed E-state index contributed by atoms with van der Waals surface area (Å²) in [5.41, 5.74) is 0.110. The van der Waals surface area contributed by atoms with Crippen LogP contribution in [0.25, 0.3) is 0 Å². The number of hydrogen-bond acceptors (Lipinski definition) is 3. The highest BCUT2D eigenvalue weighted by Crippen LogP contribution is 2.31. The fraction of sp³-hybridized carbons (Fsp3) is 0.308. The molecule has 0 aliphatic carbocycles. The van der Waals surface area contributed by atoms with E-state index in [4.69, 9.17) is 0 Å². The van der Waals surface area contributed by atoms with Crippen molar-refractivity contribution in [2.75, 3.05) is 7.05 Å². The highest BCUT2D eigenvalue weighted by atomic mass is 32.2. The molecule has 19 heavy (non-hydrogen) atoms. The molecule has 1 heterocycles. The van der Waals surface area contributed by atoms with Crippen molar-refractivity contribution >= 4 is 15.9 Å². The number of carbonyl (C=O) groups is 1. The van der Waals surface area contributed by atoms with Gasteiger partial charge in [-0.25, -0.2) is 8.42 Å². The van der Waals surface area contributed by atoms with Crippen LogP contribution in [0.2, 0.25) is 0 Å². The van der Waals surface area contributed by atoms with Gasteiger partial charge in [0.1, 0.15) is 0 Å². The molecule has 1 amide bonds. The van der Waals surface area contributed by atoms with Crippen molar-refractivity contribution in [1.82, 2.24) is 9.62 Å². The van der Waals surface area contributed by atoms with E-state index in [0.717, 1.165) is 5.41 Å². The van der Waals surface area contributed by atoms with E-state index in [1.165, 1.54) is 11.4 Å². The smallest absolute Gasteiger partial charge is 0.255 e. The Morgan fingerprint density at radius 1 is 1.21 bits per heavy atom. The van der Waals surface area contributed by atoms with Crippen molar-refractivity contribution in [3.05, 3.63) is 47.0 Å². The number of rotatable bonds is 2. The maximum absolute atomic E-state index is 12.0. The standard InChI is InChI=1S/C13H16N2O3S/c1-13(2)11(9-19(17,18)15(13)3)14-12(16)10-7-5-4-6-8-10/h4-9H,1-3H3,(H,14,16). The Labute approximate surface area is 113 Å². The number of benzene rings is 1. The minimum Gasteiger partial charge on any atom is -0.323 e. The fourth-order valence-corrected chi connectivity index (χ4v) is 3.36. The van der Waals surface area contributed by atoms with Crippen molar-refractivity contribution < 1.29 is 13.2 Å². The lowest BCUT2D eigenvalue weighted by molar-refractivity contribution is 0.0956. The molecule has 1 aliphatic heterocycles. The van der Waals surface area contributed by atoms with Crippen molar-refractivity contribution in [3.8, 4) is 0 Å². The fourth-order valence-electron chi connectivity index (χ4n) is 1.83. The summed E-state index contributed by atoms with van der Waals surface area (Å²) in [5, 5.41) is 3.78. The molecular weight excluding hydrogens is 264 g/mol.